The number of H-pyrrole nitrogens is 1. The smallest absolute Gasteiger partial charge is 0.270 e. The van der Waals surface area contributed by atoms with Crippen molar-refractivity contribution in [1.82, 2.24) is 4.98 Å². The van der Waals surface area contributed by atoms with E-state index in [1.165, 1.54) is 5.56 Å². The lowest BCUT2D eigenvalue weighted by atomic mass is 10.3. The predicted molar refractivity (Wildman–Crippen MR) is 54.6 cm³/mol. The normalized spacial score (nSPS) is 9.71. The molecule has 2 heterocycles. The topological polar surface area (TPSA) is 39.1 Å². The molecule has 0 saturated carbocycles. The molecule has 0 amide bonds. The number of aromatic nitrogens is 2. The van der Waals surface area contributed by atoms with Crippen LogP contribution < -0.4 is 10.3 Å². The van der Waals surface area contributed by atoms with Gasteiger partial charge in [-0.2, -0.15) is 0 Å². The van der Waals surface area contributed by atoms with Crippen LogP contribution in [0.15, 0.2) is 48.9 Å². The van der Waals surface area contributed by atoms with Crippen LogP contribution in [0.4, 0.5) is 5.82 Å². The second-order valence-corrected chi connectivity index (χ2v) is 2.99. The van der Waals surface area contributed by atoms with Gasteiger partial charge in [-0.15, -0.1) is 0 Å². The fraction of sp³-hybridized carbons (Fsp3) is 0.0909. The Kier molecular flexibility index (Phi) is 2.71. The van der Waals surface area contributed by atoms with E-state index in [0.29, 0.717) is 0 Å². The van der Waals surface area contributed by atoms with E-state index in [9.17, 15) is 0 Å². The van der Waals surface area contributed by atoms with Crippen molar-refractivity contribution < 1.29 is 4.98 Å². The van der Waals surface area contributed by atoms with Crippen LogP contribution in [-0.4, -0.2) is 4.98 Å². The van der Waals surface area contributed by atoms with E-state index in [2.05, 4.69) is 15.3 Å². The zero-order valence-electron chi connectivity index (χ0n) is 7.77. The molecule has 0 fully saturated rings. The fourth-order valence-electron chi connectivity index (χ4n) is 1.20. The summed E-state index contributed by atoms with van der Waals surface area (Å²) in [5, 5.41) is 3.27. The lowest BCUT2D eigenvalue weighted by Crippen LogP contribution is -2.11. The maximum atomic E-state index is 4.05. The SMILES string of the molecule is c1ccc(NCc2cccnc2)[nH+]c1. The summed E-state index contributed by atoms with van der Waals surface area (Å²) in [6.07, 6.45) is 5.53. The minimum atomic E-state index is 0.786. The van der Waals surface area contributed by atoms with Crippen LogP contribution in [0.1, 0.15) is 5.56 Å². The molecule has 0 spiro atoms. The van der Waals surface area contributed by atoms with Gasteiger partial charge in [-0.1, -0.05) is 12.1 Å². The predicted octanol–water partition coefficient (Wildman–Crippen LogP) is 1.51. The Morgan fingerprint density at radius 2 is 2.21 bits per heavy atom. The standard InChI is InChI=1S/C11H11N3/c1-2-7-13-11(5-1)14-9-10-4-3-6-12-8-10/h1-8H,9H2,(H,13,14)/p+1. The van der Waals surface area contributed by atoms with Crippen molar-refractivity contribution >= 4 is 5.82 Å². The highest BCUT2D eigenvalue weighted by Gasteiger charge is 1.98. The van der Waals surface area contributed by atoms with Gasteiger partial charge in [0.2, 0.25) is 0 Å². The van der Waals surface area contributed by atoms with Crippen molar-refractivity contribution in [2.45, 2.75) is 6.54 Å². The first kappa shape index (κ1) is 8.69. The second kappa shape index (κ2) is 4.37. The Morgan fingerprint density at radius 3 is 2.93 bits per heavy atom. The van der Waals surface area contributed by atoms with Crippen molar-refractivity contribution in [2.75, 3.05) is 5.32 Å². The molecule has 2 N–H and O–H groups in total. The molecule has 0 radical (unpaired) electrons. The van der Waals surface area contributed by atoms with Crippen LogP contribution in [0.5, 0.6) is 0 Å². The van der Waals surface area contributed by atoms with Crippen LogP contribution >= 0.6 is 0 Å². The molecule has 0 aromatic carbocycles. The van der Waals surface area contributed by atoms with Gasteiger partial charge < -0.3 is 0 Å². The zero-order valence-corrected chi connectivity index (χ0v) is 7.77. The number of anilines is 1. The highest BCUT2D eigenvalue weighted by atomic mass is 15.0. The third-order valence-corrected chi connectivity index (χ3v) is 1.91. The number of aromatic amines is 1. The number of pyridine rings is 2. The summed E-state index contributed by atoms with van der Waals surface area (Å²) < 4.78 is 0. The highest BCUT2D eigenvalue weighted by molar-refractivity contribution is 5.28. The lowest BCUT2D eigenvalue weighted by molar-refractivity contribution is -0.361. The van der Waals surface area contributed by atoms with Crippen LogP contribution in [0.3, 0.4) is 0 Å². The van der Waals surface area contributed by atoms with E-state index in [-0.39, 0.29) is 0 Å². The molecular weight excluding hydrogens is 174 g/mol. The van der Waals surface area contributed by atoms with E-state index < -0.39 is 0 Å². The van der Waals surface area contributed by atoms with Gasteiger partial charge in [0.05, 0.1) is 6.20 Å². The Hall–Kier alpha value is -1.90. The van der Waals surface area contributed by atoms with Gasteiger partial charge in [0.15, 0.2) is 0 Å². The summed E-state index contributed by atoms with van der Waals surface area (Å²) in [6, 6.07) is 9.92. The summed E-state index contributed by atoms with van der Waals surface area (Å²) in [5.74, 6) is 1.01. The number of hydrogen-bond acceptors (Lipinski definition) is 2. The first-order valence-corrected chi connectivity index (χ1v) is 4.54. The van der Waals surface area contributed by atoms with Gasteiger partial charge in [0.25, 0.3) is 5.82 Å². The summed E-state index contributed by atoms with van der Waals surface area (Å²) in [7, 11) is 0. The molecule has 2 aromatic rings. The molecule has 3 nitrogen and oxygen atoms in total. The third kappa shape index (κ3) is 2.29. The van der Waals surface area contributed by atoms with E-state index in [1.54, 1.807) is 6.20 Å². The Morgan fingerprint density at radius 1 is 1.21 bits per heavy atom. The van der Waals surface area contributed by atoms with Gasteiger partial charge in [-0.05, 0) is 12.1 Å². The third-order valence-electron chi connectivity index (χ3n) is 1.91. The minimum Gasteiger partial charge on any atom is -0.270 e. The maximum absolute atomic E-state index is 4.05. The molecule has 3 heteroatoms. The molecule has 0 atom stereocenters. The van der Waals surface area contributed by atoms with Gasteiger partial charge in [0.1, 0.15) is 6.54 Å². The Balaban J connectivity index is 1.96. The van der Waals surface area contributed by atoms with Crippen molar-refractivity contribution in [3.63, 3.8) is 0 Å². The lowest BCUT2D eigenvalue weighted by Gasteiger charge is -1.97. The largest absolute Gasteiger partial charge is 0.272 e. The van der Waals surface area contributed by atoms with Gasteiger partial charge in [0, 0.05) is 24.0 Å². The summed E-state index contributed by atoms with van der Waals surface area (Å²) in [6.45, 7) is 0.786. The quantitative estimate of drug-likeness (QED) is 0.789. The average molecular weight is 186 g/mol. The molecular formula is C11H12N3+. The zero-order chi connectivity index (χ0) is 9.64. The van der Waals surface area contributed by atoms with Crippen molar-refractivity contribution in [3.8, 4) is 0 Å². The van der Waals surface area contributed by atoms with E-state index in [0.717, 1.165) is 12.4 Å². The number of nitrogens with zero attached hydrogens (tertiary/aromatic N) is 1. The van der Waals surface area contributed by atoms with Crippen LogP contribution in [0, 0.1) is 0 Å². The number of hydrogen-bond donors (Lipinski definition) is 1. The van der Waals surface area contributed by atoms with Gasteiger partial charge >= 0.3 is 0 Å². The fourth-order valence-corrected chi connectivity index (χ4v) is 1.20. The van der Waals surface area contributed by atoms with Crippen LogP contribution in [0.2, 0.25) is 0 Å². The average Bonchev–Trinajstić information content (AvgIpc) is 2.29. The Labute approximate surface area is 82.8 Å². The van der Waals surface area contributed by atoms with E-state index in [4.69, 9.17) is 0 Å². The molecule has 0 aliphatic heterocycles. The molecule has 2 rings (SSSR count). The summed E-state index contributed by atoms with van der Waals surface area (Å²) >= 11 is 0. The monoisotopic (exact) mass is 186 g/mol. The maximum Gasteiger partial charge on any atom is 0.272 e. The van der Waals surface area contributed by atoms with Crippen LogP contribution in [0.25, 0.3) is 0 Å². The first-order chi connectivity index (χ1) is 6.95. The molecule has 2 aromatic heterocycles. The van der Waals surface area contributed by atoms with Crippen molar-refractivity contribution in [1.29, 1.82) is 0 Å². The Bertz CT molecular complexity index is 333. The molecule has 0 unspecified atom stereocenters. The molecule has 14 heavy (non-hydrogen) atoms. The highest BCUT2D eigenvalue weighted by Crippen LogP contribution is 2.00. The van der Waals surface area contributed by atoms with E-state index >= 15 is 0 Å². The van der Waals surface area contributed by atoms with Crippen LogP contribution in [-0.2, 0) is 6.54 Å². The van der Waals surface area contributed by atoms with Crippen molar-refractivity contribution in [3.05, 3.63) is 54.5 Å². The van der Waals surface area contributed by atoms with Gasteiger partial charge in [-0.3, -0.25) is 10.3 Å². The summed E-state index contributed by atoms with van der Waals surface area (Å²) in [4.78, 5) is 7.15. The van der Waals surface area contributed by atoms with E-state index in [1.807, 2.05) is 42.7 Å². The minimum absolute atomic E-state index is 0.786. The summed E-state index contributed by atoms with van der Waals surface area (Å²) in [5.41, 5.74) is 1.17. The molecule has 70 valence electrons. The first-order valence-electron chi connectivity index (χ1n) is 4.54. The molecule has 0 saturated heterocycles. The second-order valence-electron chi connectivity index (χ2n) is 2.99. The number of rotatable bonds is 3. The molecule has 0 aliphatic rings. The van der Waals surface area contributed by atoms with Gasteiger partial charge in [-0.25, -0.2) is 4.98 Å². The molecule has 0 aliphatic carbocycles. The number of nitrogens with one attached hydrogen (secondary N) is 2. The molecule has 0 bridgehead atoms. The van der Waals surface area contributed by atoms with Crippen molar-refractivity contribution in [2.24, 2.45) is 0 Å².